The van der Waals surface area contributed by atoms with E-state index in [2.05, 4.69) is 4.98 Å². The van der Waals surface area contributed by atoms with Crippen LogP contribution in [0.2, 0.25) is 15.1 Å². The van der Waals surface area contributed by atoms with Gasteiger partial charge in [0, 0.05) is 41.1 Å². The van der Waals surface area contributed by atoms with E-state index in [0.717, 1.165) is 11.1 Å². The number of ether oxygens (including phenoxy) is 1. The molecule has 2 aromatic carbocycles. The maximum absolute atomic E-state index is 13.3. The van der Waals surface area contributed by atoms with Crippen LogP contribution in [-0.4, -0.2) is 28.0 Å². The molecule has 0 atom stereocenters. The summed E-state index contributed by atoms with van der Waals surface area (Å²) in [5.41, 5.74) is 1.87. The molecule has 0 aliphatic rings. The average molecular weight is 452 g/mol. The number of phenolic OH excluding ortho intramolecular Hbond substituents is 1. The van der Waals surface area contributed by atoms with Gasteiger partial charge in [-0.1, -0.05) is 46.9 Å². The predicted molar refractivity (Wildman–Crippen MR) is 114 cm³/mol. The Hall–Kier alpha value is -2.47. The number of hydrogen-bond donors (Lipinski definition) is 1. The molecule has 0 saturated carbocycles. The van der Waals surface area contributed by atoms with Crippen LogP contribution in [0.15, 0.2) is 54.9 Å². The number of rotatable bonds is 6. The van der Waals surface area contributed by atoms with Crippen molar-refractivity contribution in [3.63, 3.8) is 0 Å². The second kappa shape index (κ2) is 9.35. The minimum Gasteiger partial charge on any atom is -0.503 e. The number of hydrogen-bond acceptors (Lipinski definition) is 4. The van der Waals surface area contributed by atoms with Crippen LogP contribution in [0.1, 0.15) is 21.5 Å². The van der Waals surface area contributed by atoms with E-state index < -0.39 is 0 Å². The third-order valence-electron chi connectivity index (χ3n) is 4.26. The van der Waals surface area contributed by atoms with Crippen LogP contribution in [0.4, 0.5) is 0 Å². The van der Waals surface area contributed by atoms with Crippen molar-refractivity contribution in [1.29, 1.82) is 0 Å². The Morgan fingerprint density at radius 1 is 1.10 bits per heavy atom. The third-order valence-corrected chi connectivity index (χ3v) is 5.13. The first-order valence-electron chi connectivity index (χ1n) is 8.57. The minimum absolute atomic E-state index is 0.0264. The summed E-state index contributed by atoms with van der Waals surface area (Å²) in [6, 6.07) is 11.7. The molecular weight excluding hydrogens is 435 g/mol. The number of aromatic nitrogens is 1. The summed E-state index contributed by atoms with van der Waals surface area (Å²) in [5, 5.41) is 11.0. The zero-order chi connectivity index (χ0) is 21.0. The second-order valence-corrected chi connectivity index (χ2v) is 7.52. The highest BCUT2D eigenvalue weighted by atomic mass is 35.5. The molecule has 0 fully saturated rings. The SMILES string of the molecule is COc1cc(C(=O)N(Cc2cccnc2)Cc2ccc(Cl)cc2Cl)cc(Cl)c1O. The standard InChI is InChI=1S/C21H17Cl3N2O3/c1-29-19-8-15(7-18(24)20(19)27)21(28)26(11-13-3-2-6-25-10-13)12-14-4-5-16(22)9-17(14)23/h2-10,27H,11-12H2,1H3. The Morgan fingerprint density at radius 3 is 2.55 bits per heavy atom. The summed E-state index contributed by atoms with van der Waals surface area (Å²) in [7, 11) is 1.39. The number of carbonyl (C=O) groups is 1. The van der Waals surface area contributed by atoms with E-state index in [4.69, 9.17) is 39.5 Å². The largest absolute Gasteiger partial charge is 0.503 e. The van der Waals surface area contributed by atoms with Crippen molar-refractivity contribution in [3.05, 3.63) is 86.6 Å². The summed E-state index contributed by atoms with van der Waals surface area (Å²) in [6.07, 6.45) is 3.35. The molecule has 29 heavy (non-hydrogen) atoms. The normalized spacial score (nSPS) is 10.6. The number of methoxy groups -OCH3 is 1. The molecule has 0 aliphatic carbocycles. The van der Waals surface area contributed by atoms with Crippen molar-refractivity contribution in [1.82, 2.24) is 9.88 Å². The second-order valence-electron chi connectivity index (χ2n) is 6.27. The Labute approximate surface area is 183 Å². The van der Waals surface area contributed by atoms with Crippen LogP contribution < -0.4 is 4.74 Å². The van der Waals surface area contributed by atoms with E-state index in [9.17, 15) is 9.90 Å². The number of nitrogens with zero attached hydrogens (tertiary/aromatic N) is 2. The van der Waals surface area contributed by atoms with Gasteiger partial charge in [-0.3, -0.25) is 9.78 Å². The van der Waals surface area contributed by atoms with Gasteiger partial charge in [-0.05, 0) is 41.5 Å². The van der Waals surface area contributed by atoms with Crippen molar-refractivity contribution in [2.75, 3.05) is 7.11 Å². The van der Waals surface area contributed by atoms with Gasteiger partial charge in [0.2, 0.25) is 0 Å². The number of phenols is 1. The van der Waals surface area contributed by atoms with Crippen LogP contribution in [-0.2, 0) is 13.1 Å². The van der Waals surface area contributed by atoms with Gasteiger partial charge < -0.3 is 14.7 Å². The molecule has 150 valence electrons. The van der Waals surface area contributed by atoms with E-state index in [-0.39, 0.29) is 34.5 Å². The zero-order valence-electron chi connectivity index (χ0n) is 15.4. The molecule has 0 unspecified atom stereocenters. The summed E-state index contributed by atoms with van der Waals surface area (Å²) in [5.74, 6) is -0.406. The number of carbonyl (C=O) groups excluding carboxylic acids is 1. The fourth-order valence-corrected chi connectivity index (χ4v) is 3.48. The van der Waals surface area contributed by atoms with Gasteiger partial charge in [0.15, 0.2) is 11.5 Å². The summed E-state index contributed by atoms with van der Waals surface area (Å²) >= 11 is 18.4. The molecule has 1 amide bonds. The van der Waals surface area contributed by atoms with Crippen LogP contribution in [0, 0.1) is 0 Å². The molecule has 0 radical (unpaired) electrons. The highest BCUT2D eigenvalue weighted by Gasteiger charge is 2.21. The van der Waals surface area contributed by atoms with Gasteiger partial charge in [0.05, 0.1) is 12.1 Å². The van der Waals surface area contributed by atoms with Crippen LogP contribution in [0.5, 0.6) is 11.5 Å². The van der Waals surface area contributed by atoms with E-state index >= 15 is 0 Å². The molecule has 0 spiro atoms. The van der Waals surface area contributed by atoms with E-state index in [1.807, 2.05) is 6.07 Å². The van der Waals surface area contributed by atoms with Crippen molar-refractivity contribution in [3.8, 4) is 11.5 Å². The van der Waals surface area contributed by atoms with Gasteiger partial charge in [0.1, 0.15) is 0 Å². The zero-order valence-corrected chi connectivity index (χ0v) is 17.7. The molecule has 0 saturated heterocycles. The molecular formula is C21H17Cl3N2O3. The molecule has 1 aromatic heterocycles. The molecule has 0 bridgehead atoms. The summed E-state index contributed by atoms with van der Waals surface area (Å²) in [4.78, 5) is 19.0. The molecule has 3 aromatic rings. The topological polar surface area (TPSA) is 62.7 Å². The van der Waals surface area contributed by atoms with Crippen LogP contribution in [0.3, 0.4) is 0 Å². The van der Waals surface area contributed by atoms with E-state index in [1.165, 1.54) is 19.2 Å². The maximum Gasteiger partial charge on any atom is 0.254 e. The molecule has 0 aliphatic heterocycles. The van der Waals surface area contributed by atoms with E-state index in [0.29, 0.717) is 16.6 Å². The van der Waals surface area contributed by atoms with E-state index in [1.54, 1.807) is 41.6 Å². The Bertz CT molecular complexity index is 1030. The number of benzene rings is 2. The fraction of sp³-hybridized carbons (Fsp3) is 0.143. The first kappa shape index (κ1) is 21.2. The number of halogens is 3. The van der Waals surface area contributed by atoms with Crippen molar-refractivity contribution in [2.45, 2.75) is 13.1 Å². The first-order valence-corrected chi connectivity index (χ1v) is 9.71. The summed E-state index contributed by atoms with van der Waals surface area (Å²) in [6.45, 7) is 0.539. The van der Waals surface area contributed by atoms with Crippen molar-refractivity contribution in [2.24, 2.45) is 0 Å². The quantitative estimate of drug-likeness (QED) is 0.530. The number of amides is 1. The minimum atomic E-state index is -0.305. The highest BCUT2D eigenvalue weighted by molar-refractivity contribution is 6.35. The molecule has 1 N–H and O–H groups in total. The van der Waals surface area contributed by atoms with Crippen LogP contribution >= 0.6 is 34.8 Å². The fourth-order valence-electron chi connectivity index (χ4n) is 2.80. The lowest BCUT2D eigenvalue weighted by molar-refractivity contribution is 0.0729. The maximum atomic E-state index is 13.3. The predicted octanol–water partition coefficient (Wildman–Crippen LogP) is 5.60. The number of pyridine rings is 1. The highest BCUT2D eigenvalue weighted by Crippen LogP contribution is 2.35. The molecule has 5 nitrogen and oxygen atoms in total. The smallest absolute Gasteiger partial charge is 0.254 e. The average Bonchev–Trinajstić information content (AvgIpc) is 2.71. The third kappa shape index (κ3) is 5.12. The molecule has 8 heteroatoms. The molecule has 1 heterocycles. The molecule has 3 rings (SSSR count). The summed E-state index contributed by atoms with van der Waals surface area (Å²) < 4.78 is 5.11. The lowest BCUT2D eigenvalue weighted by Crippen LogP contribution is -2.30. The van der Waals surface area contributed by atoms with Gasteiger partial charge >= 0.3 is 0 Å². The monoisotopic (exact) mass is 450 g/mol. The Kier molecular flexibility index (Phi) is 6.85. The lowest BCUT2D eigenvalue weighted by Gasteiger charge is -2.24. The first-order chi connectivity index (χ1) is 13.9. The van der Waals surface area contributed by atoms with Gasteiger partial charge in [-0.25, -0.2) is 0 Å². The van der Waals surface area contributed by atoms with Gasteiger partial charge in [0.25, 0.3) is 5.91 Å². The van der Waals surface area contributed by atoms with Gasteiger partial charge in [-0.15, -0.1) is 0 Å². The van der Waals surface area contributed by atoms with Crippen molar-refractivity contribution >= 4 is 40.7 Å². The van der Waals surface area contributed by atoms with Gasteiger partial charge in [-0.2, -0.15) is 0 Å². The van der Waals surface area contributed by atoms with Crippen LogP contribution in [0.25, 0.3) is 0 Å². The number of aromatic hydroxyl groups is 1. The Morgan fingerprint density at radius 2 is 1.90 bits per heavy atom. The lowest BCUT2D eigenvalue weighted by atomic mass is 10.1. The van der Waals surface area contributed by atoms with Crippen molar-refractivity contribution < 1.29 is 14.6 Å². The Balaban J connectivity index is 1.97.